The van der Waals surface area contributed by atoms with E-state index >= 15 is 0 Å². The summed E-state index contributed by atoms with van der Waals surface area (Å²) in [4.78, 5) is 24.8. The van der Waals surface area contributed by atoms with Gasteiger partial charge in [0.15, 0.2) is 5.82 Å². The quantitative estimate of drug-likeness (QED) is 0.464. The van der Waals surface area contributed by atoms with Crippen LogP contribution in [-0.4, -0.2) is 69.5 Å². The first-order valence-electron chi connectivity index (χ1n) is 11.4. The SMILES string of the molecule is CNc1ccc(Sc2ncc(N3CCC4(CCOC4)CC3)nc2N)c(Cl)c1C(=O)NCCOC. The van der Waals surface area contributed by atoms with Gasteiger partial charge in [-0.3, -0.25) is 4.79 Å². The molecular formula is C23H31ClN6O3S. The lowest BCUT2D eigenvalue weighted by Crippen LogP contribution is -2.41. The summed E-state index contributed by atoms with van der Waals surface area (Å²) in [5, 5.41) is 6.71. The molecule has 0 aliphatic carbocycles. The average Bonchev–Trinajstić information content (AvgIpc) is 3.29. The van der Waals surface area contributed by atoms with Crippen LogP contribution < -0.4 is 21.3 Å². The summed E-state index contributed by atoms with van der Waals surface area (Å²) in [6.07, 6.45) is 5.08. The molecule has 9 nitrogen and oxygen atoms in total. The number of carbonyl (C=O) groups excluding carboxylic acids is 1. The number of nitrogens with two attached hydrogens (primary N) is 1. The maximum atomic E-state index is 12.7. The number of aromatic nitrogens is 2. The molecular weight excluding hydrogens is 476 g/mol. The highest BCUT2D eigenvalue weighted by Gasteiger charge is 2.38. The van der Waals surface area contributed by atoms with Gasteiger partial charge in [0.1, 0.15) is 10.8 Å². The summed E-state index contributed by atoms with van der Waals surface area (Å²) in [6.45, 7) is 4.37. The number of amides is 1. The lowest BCUT2D eigenvalue weighted by Gasteiger charge is -2.38. The van der Waals surface area contributed by atoms with Crippen LogP contribution in [0, 0.1) is 5.41 Å². The molecule has 0 bridgehead atoms. The molecule has 4 rings (SSSR count). The fourth-order valence-electron chi connectivity index (χ4n) is 4.39. The molecule has 1 aromatic carbocycles. The number of benzene rings is 1. The van der Waals surface area contributed by atoms with Crippen LogP contribution in [0.4, 0.5) is 17.3 Å². The van der Waals surface area contributed by atoms with Gasteiger partial charge in [0.2, 0.25) is 0 Å². The van der Waals surface area contributed by atoms with Crippen molar-refractivity contribution >= 4 is 46.6 Å². The van der Waals surface area contributed by atoms with Crippen molar-refractivity contribution < 1.29 is 14.3 Å². The van der Waals surface area contributed by atoms with Crippen molar-refractivity contribution in [3.63, 3.8) is 0 Å². The van der Waals surface area contributed by atoms with Crippen molar-refractivity contribution in [2.24, 2.45) is 5.41 Å². The fraction of sp³-hybridized carbons (Fsp3) is 0.522. The molecule has 0 unspecified atom stereocenters. The Bertz CT molecular complexity index is 1020. The summed E-state index contributed by atoms with van der Waals surface area (Å²) in [6, 6.07) is 3.65. The second-order valence-electron chi connectivity index (χ2n) is 8.61. The van der Waals surface area contributed by atoms with E-state index in [0.717, 1.165) is 51.4 Å². The van der Waals surface area contributed by atoms with Gasteiger partial charge in [0, 0.05) is 51.0 Å². The van der Waals surface area contributed by atoms with Gasteiger partial charge in [-0.05, 0) is 36.8 Å². The van der Waals surface area contributed by atoms with E-state index in [9.17, 15) is 4.79 Å². The van der Waals surface area contributed by atoms with Gasteiger partial charge in [-0.15, -0.1) is 0 Å². The third-order valence-corrected chi connectivity index (χ3v) is 8.06. The summed E-state index contributed by atoms with van der Waals surface area (Å²) in [5.74, 6) is 0.844. The number of halogens is 1. The zero-order valence-electron chi connectivity index (χ0n) is 19.5. The molecule has 1 spiro atoms. The number of carbonyl (C=O) groups is 1. The second-order valence-corrected chi connectivity index (χ2v) is 10.0. The predicted molar refractivity (Wildman–Crippen MR) is 135 cm³/mol. The highest BCUT2D eigenvalue weighted by molar-refractivity contribution is 7.99. The summed E-state index contributed by atoms with van der Waals surface area (Å²) >= 11 is 7.95. The van der Waals surface area contributed by atoms with Crippen LogP contribution >= 0.6 is 23.4 Å². The molecule has 3 heterocycles. The molecule has 0 atom stereocenters. The minimum Gasteiger partial charge on any atom is -0.387 e. The minimum absolute atomic E-state index is 0.279. The Morgan fingerprint density at radius 3 is 2.79 bits per heavy atom. The first-order chi connectivity index (χ1) is 16.5. The molecule has 4 N–H and O–H groups in total. The molecule has 0 saturated carbocycles. The van der Waals surface area contributed by atoms with Gasteiger partial charge in [-0.1, -0.05) is 23.4 Å². The van der Waals surface area contributed by atoms with Crippen LogP contribution in [0.2, 0.25) is 5.02 Å². The maximum Gasteiger partial charge on any atom is 0.255 e. The number of nitrogens with one attached hydrogen (secondary N) is 2. The molecule has 11 heteroatoms. The van der Waals surface area contributed by atoms with Gasteiger partial charge >= 0.3 is 0 Å². The van der Waals surface area contributed by atoms with Crippen molar-refractivity contribution in [1.29, 1.82) is 0 Å². The van der Waals surface area contributed by atoms with Crippen LogP contribution in [-0.2, 0) is 9.47 Å². The molecule has 2 aliphatic rings. The summed E-state index contributed by atoms with van der Waals surface area (Å²) in [7, 11) is 3.33. The lowest BCUT2D eigenvalue weighted by atomic mass is 9.78. The van der Waals surface area contributed by atoms with Crippen LogP contribution in [0.15, 0.2) is 28.3 Å². The van der Waals surface area contributed by atoms with Crippen molar-refractivity contribution in [3.05, 3.63) is 28.9 Å². The number of anilines is 3. The Morgan fingerprint density at radius 2 is 2.15 bits per heavy atom. The first-order valence-corrected chi connectivity index (χ1v) is 12.6. The summed E-state index contributed by atoms with van der Waals surface area (Å²) < 4.78 is 10.6. The van der Waals surface area contributed by atoms with E-state index in [4.69, 9.17) is 26.8 Å². The molecule has 1 aromatic heterocycles. The van der Waals surface area contributed by atoms with Crippen LogP contribution in [0.5, 0.6) is 0 Å². The Labute approximate surface area is 209 Å². The van der Waals surface area contributed by atoms with E-state index in [0.29, 0.717) is 50.6 Å². The predicted octanol–water partition coefficient (Wildman–Crippen LogP) is 3.29. The van der Waals surface area contributed by atoms with E-state index in [2.05, 4.69) is 25.5 Å². The Kier molecular flexibility index (Phi) is 8.02. The van der Waals surface area contributed by atoms with Gasteiger partial charge in [0.05, 0.1) is 30.0 Å². The molecule has 2 aromatic rings. The Balaban J connectivity index is 1.48. The van der Waals surface area contributed by atoms with E-state index in [1.165, 1.54) is 11.8 Å². The normalized spacial score (nSPS) is 17.2. The molecule has 2 aliphatic heterocycles. The zero-order valence-corrected chi connectivity index (χ0v) is 21.1. The minimum atomic E-state index is -0.279. The van der Waals surface area contributed by atoms with Gasteiger partial charge < -0.3 is 30.7 Å². The van der Waals surface area contributed by atoms with Crippen LogP contribution in [0.25, 0.3) is 0 Å². The average molecular weight is 507 g/mol. The highest BCUT2D eigenvalue weighted by atomic mass is 35.5. The molecule has 1 amide bonds. The van der Waals surface area contributed by atoms with E-state index in [1.807, 2.05) is 12.1 Å². The van der Waals surface area contributed by atoms with E-state index < -0.39 is 0 Å². The maximum absolute atomic E-state index is 12.7. The second kappa shape index (κ2) is 11.0. The number of nitrogen functional groups attached to an aromatic ring is 1. The number of piperidine rings is 1. The third kappa shape index (κ3) is 5.35. The lowest BCUT2D eigenvalue weighted by molar-refractivity contribution is 0.0938. The van der Waals surface area contributed by atoms with Crippen molar-refractivity contribution in [1.82, 2.24) is 15.3 Å². The van der Waals surface area contributed by atoms with Crippen molar-refractivity contribution in [2.45, 2.75) is 29.2 Å². The highest BCUT2D eigenvalue weighted by Crippen LogP contribution is 2.41. The molecule has 2 saturated heterocycles. The molecule has 0 radical (unpaired) electrons. The molecule has 34 heavy (non-hydrogen) atoms. The van der Waals surface area contributed by atoms with E-state index in [1.54, 1.807) is 20.4 Å². The third-order valence-electron chi connectivity index (χ3n) is 6.49. The van der Waals surface area contributed by atoms with Gasteiger partial charge in [-0.25, -0.2) is 9.97 Å². The van der Waals surface area contributed by atoms with Crippen molar-refractivity contribution in [3.8, 4) is 0 Å². The number of nitrogens with zero attached hydrogens (tertiary/aromatic N) is 3. The standard InChI is InChI=1S/C23H31ClN6O3S/c1-26-15-3-4-16(19(24)18(15)21(31)27-8-12-32-2)34-22-20(25)29-17(13-28-22)30-9-5-23(6-10-30)7-11-33-14-23/h3-4,13,26H,5-12,14H2,1-2H3,(H2,25,29)(H,27,31). The van der Waals surface area contributed by atoms with Gasteiger partial charge in [0.25, 0.3) is 5.91 Å². The molecule has 2 fully saturated rings. The number of ether oxygens (including phenoxy) is 2. The number of rotatable bonds is 8. The van der Waals surface area contributed by atoms with Crippen LogP contribution in [0.3, 0.4) is 0 Å². The number of hydrogen-bond donors (Lipinski definition) is 3. The Hall–Kier alpha value is -2.27. The fourth-order valence-corrected chi connectivity index (χ4v) is 5.55. The van der Waals surface area contributed by atoms with Crippen molar-refractivity contribution in [2.75, 3.05) is 69.6 Å². The zero-order chi connectivity index (χ0) is 24.1. The summed E-state index contributed by atoms with van der Waals surface area (Å²) in [5.41, 5.74) is 7.62. The first kappa shape index (κ1) is 24.8. The smallest absolute Gasteiger partial charge is 0.255 e. The number of hydrogen-bond acceptors (Lipinski definition) is 9. The monoisotopic (exact) mass is 506 g/mol. The van der Waals surface area contributed by atoms with Gasteiger partial charge in [-0.2, -0.15) is 0 Å². The Morgan fingerprint density at radius 1 is 1.35 bits per heavy atom. The topological polar surface area (TPSA) is 115 Å². The van der Waals surface area contributed by atoms with Crippen LogP contribution in [0.1, 0.15) is 29.6 Å². The largest absolute Gasteiger partial charge is 0.387 e. The number of methoxy groups -OCH3 is 1. The molecule has 184 valence electrons. The van der Waals surface area contributed by atoms with E-state index in [-0.39, 0.29) is 5.91 Å².